The molecule has 0 aliphatic carbocycles. The molecule has 2 aromatic carbocycles. The third-order valence-electron chi connectivity index (χ3n) is 4.71. The zero-order chi connectivity index (χ0) is 24.8. The van der Waals surface area contributed by atoms with Crippen LogP contribution in [0.3, 0.4) is 0 Å². The molecule has 33 heavy (non-hydrogen) atoms. The molecule has 3 rings (SSSR count). The molecule has 4 nitrogen and oxygen atoms in total. The predicted molar refractivity (Wildman–Crippen MR) is 124 cm³/mol. The SMILES string of the molecule is Cc1sc(C)c(C(=O)N[C@H](C)[Na])c1Cc1ccc(C(F)(F)F)cc1.O=C(O)c1ccccc1. The van der Waals surface area contributed by atoms with E-state index in [2.05, 4.69) is 5.32 Å². The number of thiophene rings is 1. The topological polar surface area (TPSA) is 66.4 Å². The van der Waals surface area contributed by atoms with Gasteiger partial charge in [0.2, 0.25) is 0 Å². The number of carbonyl (C=O) groups is 2. The summed E-state index contributed by atoms with van der Waals surface area (Å²) in [5.74, 6) is -0.975. The van der Waals surface area contributed by atoms with Crippen LogP contribution in [0.4, 0.5) is 13.2 Å². The minimum Gasteiger partial charge on any atom is -0.478 e. The molecule has 0 radical (unpaired) electrons. The molecule has 0 bridgehead atoms. The summed E-state index contributed by atoms with van der Waals surface area (Å²) in [6.45, 7) is 5.80. The van der Waals surface area contributed by atoms with Crippen LogP contribution >= 0.6 is 11.3 Å². The van der Waals surface area contributed by atoms with Gasteiger partial charge in [-0.05, 0) is 12.1 Å². The van der Waals surface area contributed by atoms with Crippen molar-refractivity contribution in [1.29, 1.82) is 0 Å². The third-order valence-corrected chi connectivity index (χ3v) is 6.07. The van der Waals surface area contributed by atoms with Crippen LogP contribution in [0.1, 0.15) is 54.1 Å². The Balaban J connectivity index is 0.000000357. The van der Waals surface area contributed by atoms with Crippen LogP contribution < -0.4 is 5.32 Å². The van der Waals surface area contributed by atoms with Crippen molar-refractivity contribution in [2.24, 2.45) is 0 Å². The minimum atomic E-state index is -4.33. The molecule has 1 atom stereocenters. The molecule has 9 heteroatoms. The molecule has 1 amide bonds. The van der Waals surface area contributed by atoms with Gasteiger partial charge < -0.3 is 5.11 Å². The Kier molecular flexibility index (Phi) is 9.72. The fourth-order valence-corrected chi connectivity index (χ4v) is 4.51. The molecule has 2 N–H and O–H groups in total. The molecule has 0 aliphatic heterocycles. The van der Waals surface area contributed by atoms with Gasteiger partial charge in [0.05, 0.1) is 5.56 Å². The summed E-state index contributed by atoms with van der Waals surface area (Å²) in [5.41, 5.74) is 2.00. The average molecular weight is 486 g/mol. The van der Waals surface area contributed by atoms with Gasteiger partial charge in [-0.1, -0.05) is 18.2 Å². The van der Waals surface area contributed by atoms with Crippen LogP contribution in [0.15, 0.2) is 54.6 Å². The summed E-state index contributed by atoms with van der Waals surface area (Å²) < 4.78 is 38.1. The maximum atomic E-state index is 12.7. The zero-order valence-corrected chi connectivity index (χ0v) is 21.6. The summed E-state index contributed by atoms with van der Waals surface area (Å²) in [7, 11) is 0. The largest absolute Gasteiger partial charge is 0.478 e. The number of amides is 1. The zero-order valence-electron chi connectivity index (χ0n) is 18.8. The maximum Gasteiger partial charge on any atom is 0.335 e. The number of aromatic carboxylic acids is 1. The van der Waals surface area contributed by atoms with Crippen molar-refractivity contribution in [3.63, 3.8) is 0 Å². The number of aryl methyl sites for hydroxylation is 2. The van der Waals surface area contributed by atoms with E-state index in [1.54, 1.807) is 41.7 Å². The number of alkyl halides is 3. The Morgan fingerprint density at radius 2 is 1.61 bits per heavy atom. The van der Waals surface area contributed by atoms with Gasteiger partial charge in [-0.15, -0.1) is 0 Å². The number of carboxylic acid groups (broad SMARTS) is 1. The van der Waals surface area contributed by atoms with E-state index in [-0.39, 0.29) is 9.20 Å². The van der Waals surface area contributed by atoms with E-state index in [1.807, 2.05) is 20.8 Å². The Bertz CT molecular complexity index is 1090. The third kappa shape index (κ3) is 7.99. The number of hydrogen-bond donors (Lipinski definition) is 2. The quantitative estimate of drug-likeness (QED) is 0.462. The number of carbonyl (C=O) groups excluding carboxylic acids is 1. The fraction of sp³-hybridized carbons (Fsp3) is 0.250. The van der Waals surface area contributed by atoms with Crippen LogP contribution in [-0.2, 0) is 12.6 Å². The second-order valence-electron chi connectivity index (χ2n) is 7.74. The van der Waals surface area contributed by atoms with E-state index in [1.165, 1.54) is 12.1 Å². The summed E-state index contributed by atoms with van der Waals surface area (Å²) >= 11 is 2.41. The number of rotatable bonds is 5. The van der Waals surface area contributed by atoms with Crippen molar-refractivity contribution in [3.05, 3.63) is 92.2 Å². The Morgan fingerprint density at radius 1 is 1.03 bits per heavy atom. The van der Waals surface area contributed by atoms with Gasteiger partial charge in [-0.3, -0.25) is 0 Å². The number of carboxylic acids is 1. The second-order valence-corrected chi connectivity index (χ2v) is 10.9. The van der Waals surface area contributed by atoms with Crippen molar-refractivity contribution in [3.8, 4) is 0 Å². The molecule has 0 spiro atoms. The van der Waals surface area contributed by atoms with Crippen LogP contribution in [0.25, 0.3) is 0 Å². The van der Waals surface area contributed by atoms with E-state index in [0.717, 1.165) is 60.9 Å². The molecule has 0 unspecified atom stereocenters. The molecule has 0 saturated heterocycles. The van der Waals surface area contributed by atoms with Crippen LogP contribution in [0, 0.1) is 13.8 Å². The Hall–Kier alpha value is -2.13. The van der Waals surface area contributed by atoms with E-state index >= 15 is 0 Å². The van der Waals surface area contributed by atoms with Crippen molar-refractivity contribution < 1.29 is 27.9 Å². The standard InChI is InChI=1S/C17H17F3NOS.C7H6O2.Na/c1-4-21-16(22)15-11(3)23-10(2)14(15)9-12-5-7-13(8-6-12)17(18,19)20;8-7(9)6-4-2-1-3-5-6;/h4-8H,9H2,1-3H3,(H,21,22);1-5H,(H,8,9);. The van der Waals surface area contributed by atoms with Crippen LogP contribution in [0.2, 0.25) is 0 Å². The summed E-state index contributed by atoms with van der Waals surface area (Å²) in [5, 5.41) is 11.3. The van der Waals surface area contributed by atoms with Gasteiger partial charge in [0.15, 0.2) is 0 Å². The second kappa shape index (κ2) is 11.8. The number of nitrogens with one attached hydrogen (secondary N) is 1. The Morgan fingerprint density at radius 3 is 2.06 bits per heavy atom. The van der Waals surface area contributed by atoms with E-state index in [4.69, 9.17) is 5.11 Å². The van der Waals surface area contributed by atoms with Gasteiger partial charge in [0.25, 0.3) is 0 Å². The normalized spacial score (nSPS) is 11.9. The monoisotopic (exact) mass is 485 g/mol. The van der Waals surface area contributed by atoms with E-state index in [9.17, 15) is 22.8 Å². The van der Waals surface area contributed by atoms with Gasteiger partial charge in [-0.2, -0.15) is 0 Å². The molecule has 0 aliphatic rings. The van der Waals surface area contributed by atoms with Crippen molar-refractivity contribution >= 4 is 51.1 Å². The van der Waals surface area contributed by atoms with Gasteiger partial charge in [0.1, 0.15) is 0 Å². The first-order chi connectivity index (χ1) is 15.4. The predicted octanol–water partition coefficient (Wildman–Crippen LogP) is 5.60. The Labute approximate surface area is 212 Å². The maximum absolute atomic E-state index is 12.7. The van der Waals surface area contributed by atoms with Gasteiger partial charge in [0, 0.05) is 0 Å². The molecule has 1 aromatic heterocycles. The number of halogens is 3. The van der Waals surface area contributed by atoms with E-state index in [0.29, 0.717) is 17.5 Å². The van der Waals surface area contributed by atoms with E-state index < -0.39 is 17.7 Å². The molecule has 1 heterocycles. The first kappa shape index (κ1) is 27.1. The summed E-state index contributed by atoms with van der Waals surface area (Å²) in [4.78, 5) is 24.6. The smallest absolute Gasteiger partial charge is 0.335 e. The first-order valence-electron chi connectivity index (χ1n) is 10.2. The van der Waals surface area contributed by atoms with Gasteiger partial charge >= 0.3 is 167 Å². The molecule has 3 aromatic rings. The molecule has 0 saturated carbocycles. The number of benzene rings is 2. The van der Waals surface area contributed by atoms with Crippen molar-refractivity contribution in [1.82, 2.24) is 5.32 Å². The molecule has 0 fully saturated rings. The number of hydrogen-bond acceptors (Lipinski definition) is 3. The molecule has 170 valence electrons. The molecular weight excluding hydrogens is 462 g/mol. The van der Waals surface area contributed by atoms with Gasteiger partial charge in [-0.25, -0.2) is 4.79 Å². The van der Waals surface area contributed by atoms with Crippen LogP contribution in [0.5, 0.6) is 0 Å². The molecular formula is C24H23F3NNaO3S. The minimum absolute atomic E-state index is 0.0961. The van der Waals surface area contributed by atoms with Crippen LogP contribution in [-0.4, -0.2) is 48.2 Å². The summed E-state index contributed by atoms with van der Waals surface area (Å²) in [6, 6.07) is 13.4. The van der Waals surface area contributed by atoms with Crippen molar-refractivity contribution in [2.75, 3.05) is 0 Å². The summed E-state index contributed by atoms with van der Waals surface area (Å²) in [6.07, 6.45) is -3.88. The first-order valence-corrected chi connectivity index (χ1v) is 12.2. The fourth-order valence-electron chi connectivity index (χ4n) is 3.17. The van der Waals surface area contributed by atoms with Crippen molar-refractivity contribution in [2.45, 2.75) is 36.7 Å². The average Bonchev–Trinajstić information content (AvgIpc) is 3.01.